The maximum atomic E-state index is 13.8. The molecular formula is C34H38F3N4O5Si+. The number of rotatable bonds is 11. The summed E-state index contributed by atoms with van der Waals surface area (Å²) in [5.74, 6) is -1.31. The van der Waals surface area contributed by atoms with Gasteiger partial charge in [0.05, 0.1) is 24.1 Å². The topological polar surface area (TPSA) is 103 Å². The third kappa shape index (κ3) is 8.31. The number of hydrogen-bond donors (Lipinski definition) is 0. The highest BCUT2D eigenvalue weighted by Crippen LogP contribution is 2.38. The second kappa shape index (κ2) is 13.8. The third-order valence-corrected chi connectivity index (χ3v) is 10.2. The number of benzene rings is 3. The Kier molecular flexibility index (Phi) is 9.94. The predicted octanol–water partition coefficient (Wildman–Crippen LogP) is 7.08. The Bertz CT molecular complexity index is 1820. The van der Waals surface area contributed by atoms with Gasteiger partial charge in [-0.05, 0) is 67.3 Å². The molecule has 1 aromatic heterocycles. The Balaban J connectivity index is 1.33. The van der Waals surface area contributed by atoms with Gasteiger partial charge in [0, 0.05) is 36.3 Å². The van der Waals surface area contributed by atoms with Crippen LogP contribution in [-0.4, -0.2) is 46.4 Å². The minimum absolute atomic E-state index is 0.0867. The molecule has 3 unspecified atom stereocenters. The number of carbonyl (C=O) groups is 1. The summed E-state index contributed by atoms with van der Waals surface area (Å²) >= 11 is 0. The molecule has 0 saturated heterocycles. The van der Waals surface area contributed by atoms with Crippen molar-refractivity contribution >= 4 is 30.6 Å². The van der Waals surface area contributed by atoms with Gasteiger partial charge in [-0.3, -0.25) is 9.59 Å². The van der Waals surface area contributed by atoms with E-state index in [-0.39, 0.29) is 31.2 Å². The number of fused-ring (bicyclic) bond motifs is 1. The highest BCUT2D eigenvalue weighted by Gasteiger charge is 2.51. The molecule has 0 bridgehead atoms. The van der Waals surface area contributed by atoms with Gasteiger partial charge in [0.15, 0.2) is 0 Å². The van der Waals surface area contributed by atoms with Crippen molar-refractivity contribution in [2.75, 3.05) is 6.61 Å². The van der Waals surface area contributed by atoms with Crippen molar-refractivity contribution in [3.8, 4) is 5.75 Å². The van der Waals surface area contributed by atoms with Gasteiger partial charge in [0.2, 0.25) is 6.04 Å². The fraction of sp³-hybridized carbons (Fsp3) is 0.412. The highest BCUT2D eigenvalue weighted by atomic mass is 28.3. The monoisotopic (exact) mass is 667 g/mol. The smallest absolute Gasteiger partial charge is 0.416 e. The van der Waals surface area contributed by atoms with Gasteiger partial charge in [-0.2, -0.15) is 13.2 Å². The lowest BCUT2D eigenvalue weighted by atomic mass is 9.93. The lowest BCUT2D eigenvalue weighted by Gasteiger charge is -2.21. The number of alkyl halides is 3. The van der Waals surface area contributed by atoms with E-state index < -0.39 is 37.7 Å². The van der Waals surface area contributed by atoms with E-state index >= 15 is 0 Å². The van der Waals surface area contributed by atoms with E-state index in [1.165, 1.54) is 10.7 Å². The van der Waals surface area contributed by atoms with Crippen molar-refractivity contribution in [1.82, 2.24) is 15.0 Å². The van der Waals surface area contributed by atoms with Crippen LogP contribution >= 0.6 is 0 Å². The highest BCUT2D eigenvalue weighted by molar-refractivity contribution is 6.76. The summed E-state index contributed by atoms with van der Waals surface area (Å²) in [4.78, 5) is 40.7. The zero-order chi connectivity index (χ0) is 33.9. The van der Waals surface area contributed by atoms with E-state index in [4.69, 9.17) is 9.47 Å². The van der Waals surface area contributed by atoms with Crippen molar-refractivity contribution in [1.29, 1.82) is 0 Å². The van der Waals surface area contributed by atoms with Gasteiger partial charge in [-0.15, -0.1) is 5.10 Å². The largest absolute Gasteiger partial charge is 0.489 e. The van der Waals surface area contributed by atoms with Crippen LogP contribution in [0, 0.1) is 23.7 Å². The SMILES string of the molecule is Cc1ccc2nnn(CC3CCC([N+](=O)c4ccc(OCc5cccc(C(F)(F)F)c5)cc4)C3C(=O)OCC[Si](C)(C)C)c(=O)c2c1. The number of nitroso groups, excluding NO2 is 1. The van der Waals surface area contributed by atoms with E-state index in [9.17, 15) is 27.7 Å². The van der Waals surface area contributed by atoms with Gasteiger partial charge in [0.1, 0.15) is 23.8 Å². The first-order chi connectivity index (χ1) is 22.2. The molecule has 0 aliphatic heterocycles. The van der Waals surface area contributed by atoms with Crippen molar-refractivity contribution in [2.24, 2.45) is 11.8 Å². The van der Waals surface area contributed by atoms with Crippen molar-refractivity contribution in [3.05, 3.63) is 98.7 Å². The second-order valence-corrected chi connectivity index (χ2v) is 18.9. The number of ether oxygens (including phenoxy) is 2. The molecule has 0 radical (unpaired) electrons. The Labute approximate surface area is 271 Å². The first-order valence-electron chi connectivity index (χ1n) is 15.6. The van der Waals surface area contributed by atoms with Crippen LogP contribution < -0.4 is 10.3 Å². The Morgan fingerprint density at radius 2 is 1.79 bits per heavy atom. The van der Waals surface area contributed by atoms with Crippen molar-refractivity contribution in [2.45, 2.75) is 70.8 Å². The fourth-order valence-electron chi connectivity index (χ4n) is 5.85. The average Bonchev–Trinajstić information content (AvgIpc) is 3.44. The number of aromatic nitrogens is 3. The third-order valence-electron chi connectivity index (χ3n) is 8.46. The Morgan fingerprint density at radius 1 is 1.04 bits per heavy atom. The van der Waals surface area contributed by atoms with Crippen LogP contribution in [0.25, 0.3) is 10.9 Å². The van der Waals surface area contributed by atoms with Crippen LogP contribution in [0.3, 0.4) is 0 Å². The van der Waals surface area contributed by atoms with E-state index in [0.29, 0.717) is 40.7 Å². The molecule has 1 aliphatic carbocycles. The maximum Gasteiger partial charge on any atom is 0.416 e. The van der Waals surface area contributed by atoms with Crippen LogP contribution in [0.4, 0.5) is 18.9 Å². The van der Waals surface area contributed by atoms with Crippen molar-refractivity contribution < 1.29 is 32.2 Å². The van der Waals surface area contributed by atoms with Gasteiger partial charge in [-0.1, -0.05) is 48.6 Å². The number of aryl methyl sites for hydroxylation is 1. The molecule has 0 N–H and O–H groups in total. The lowest BCUT2D eigenvalue weighted by Crippen LogP contribution is -2.38. The summed E-state index contributed by atoms with van der Waals surface area (Å²) < 4.78 is 52.7. The normalized spacial score (nSPS) is 18.3. The fourth-order valence-corrected chi connectivity index (χ4v) is 6.56. The molecule has 5 rings (SSSR count). The quantitative estimate of drug-likeness (QED) is 0.0957. The Morgan fingerprint density at radius 3 is 2.49 bits per heavy atom. The summed E-state index contributed by atoms with van der Waals surface area (Å²) in [5.41, 5.74) is 0.969. The molecule has 1 saturated carbocycles. The van der Waals surface area contributed by atoms with E-state index in [1.54, 1.807) is 42.5 Å². The summed E-state index contributed by atoms with van der Waals surface area (Å²) in [6.45, 7) is 8.71. The zero-order valence-electron chi connectivity index (χ0n) is 26.8. The first-order valence-corrected chi connectivity index (χ1v) is 19.3. The number of carbonyl (C=O) groups excluding carboxylic acids is 1. The summed E-state index contributed by atoms with van der Waals surface area (Å²) in [7, 11) is -1.49. The Hall–Kier alpha value is -4.39. The van der Waals surface area contributed by atoms with E-state index in [1.807, 2.05) is 13.0 Å². The first kappa shape index (κ1) is 34.0. The maximum absolute atomic E-state index is 13.8. The molecule has 1 aliphatic rings. The average molecular weight is 668 g/mol. The molecule has 248 valence electrons. The number of hydrogen-bond acceptors (Lipinski definition) is 7. The summed E-state index contributed by atoms with van der Waals surface area (Å²) in [6, 6.07) is 16.5. The van der Waals surface area contributed by atoms with Gasteiger partial charge in [0.25, 0.3) is 11.2 Å². The van der Waals surface area contributed by atoms with Crippen LogP contribution in [-0.2, 0) is 28.9 Å². The predicted molar refractivity (Wildman–Crippen MR) is 173 cm³/mol. The molecule has 3 atom stereocenters. The molecule has 4 aromatic rings. The summed E-state index contributed by atoms with van der Waals surface area (Å²) in [5, 5.41) is 8.76. The van der Waals surface area contributed by atoms with Gasteiger partial charge >= 0.3 is 12.1 Å². The van der Waals surface area contributed by atoms with E-state index in [2.05, 4.69) is 30.0 Å². The molecule has 13 heteroatoms. The molecule has 1 fully saturated rings. The molecular weight excluding hydrogens is 629 g/mol. The zero-order valence-corrected chi connectivity index (χ0v) is 27.8. The lowest BCUT2D eigenvalue weighted by molar-refractivity contribution is -0.511. The van der Waals surface area contributed by atoms with Crippen molar-refractivity contribution in [3.63, 3.8) is 0 Å². The van der Waals surface area contributed by atoms with Crippen LogP contribution in [0.2, 0.25) is 25.7 Å². The van der Waals surface area contributed by atoms with Crippen LogP contribution in [0.1, 0.15) is 29.5 Å². The number of esters is 1. The number of nitrogens with zero attached hydrogens (tertiary/aromatic N) is 4. The van der Waals surface area contributed by atoms with Crippen LogP contribution in [0.5, 0.6) is 5.75 Å². The molecule has 1 heterocycles. The number of halogens is 3. The molecule has 0 amide bonds. The molecule has 47 heavy (non-hydrogen) atoms. The van der Waals surface area contributed by atoms with Gasteiger partial charge in [-0.25, -0.2) is 4.68 Å². The minimum Gasteiger partial charge on any atom is -0.489 e. The molecule has 9 nitrogen and oxygen atoms in total. The molecule has 3 aromatic carbocycles. The second-order valence-electron chi connectivity index (χ2n) is 13.3. The minimum atomic E-state index is -4.45. The van der Waals surface area contributed by atoms with E-state index in [0.717, 1.165) is 28.5 Å². The standard InChI is InChI=1S/C34H38F3N4O5Si/c1-22-8-14-29-28(18-22)32(42)40(39-38-29)20-24-9-15-30(31(24)33(43)45-16-17-47(2,3)4)41(44)26-10-12-27(13-11-26)46-21-23-6-5-7-25(19-23)34(35,36)37/h5-8,10-14,18-19,24,30-31H,9,15-17,20-21H2,1-4H3/q+1. The molecule has 0 spiro atoms. The van der Waals surface area contributed by atoms with Crippen LogP contribution in [0.15, 0.2) is 71.5 Å². The van der Waals surface area contributed by atoms with Gasteiger partial charge < -0.3 is 9.47 Å². The summed E-state index contributed by atoms with van der Waals surface area (Å²) in [6.07, 6.45) is -3.56.